The van der Waals surface area contributed by atoms with Gasteiger partial charge in [-0.25, -0.2) is 0 Å². The van der Waals surface area contributed by atoms with E-state index in [0.717, 1.165) is 30.9 Å². The van der Waals surface area contributed by atoms with Crippen LogP contribution in [0.2, 0.25) is 0 Å². The zero-order valence-electron chi connectivity index (χ0n) is 10.6. The Bertz CT molecular complexity index is 436. The van der Waals surface area contributed by atoms with Crippen molar-refractivity contribution in [3.05, 3.63) is 23.8 Å². The quantitative estimate of drug-likeness (QED) is 0.735. The van der Waals surface area contributed by atoms with Gasteiger partial charge in [-0.1, -0.05) is 0 Å². The Balaban J connectivity index is 1.99. The molecule has 2 aliphatic heterocycles. The van der Waals surface area contributed by atoms with Crippen LogP contribution in [0.5, 0.6) is 5.75 Å². The van der Waals surface area contributed by atoms with Gasteiger partial charge in [-0.2, -0.15) is 0 Å². The van der Waals surface area contributed by atoms with E-state index in [1.54, 1.807) is 7.11 Å². The first-order valence-electron chi connectivity index (χ1n) is 6.59. The summed E-state index contributed by atoms with van der Waals surface area (Å²) in [6, 6.07) is 6.56. The van der Waals surface area contributed by atoms with Gasteiger partial charge in [0.05, 0.1) is 13.7 Å². The smallest absolute Gasteiger partial charge is 0.119 e. The van der Waals surface area contributed by atoms with Gasteiger partial charge in [-0.3, -0.25) is 0 Å². The van der Waals surface area contributed by atoms with Crippen LogP contribution in [0, 0.1) is 5.92 Å². The lowest BCUT2D eigenvalue weighted by molar-refractivity contribution is 0.188. The molecule has 0 amide bonds. The Morgan fingerprint density at radius 3 is 3.11 bits per heavy atom. The van der Waals surface area contributed by atoms with Gasteiger partial charge in [0.15, 0.2) is 0 Å². The van der Waals surface area contributed by atoms with Gasteiger partial charge < -0.3 is 20.5 Å². The van der Waals surface area contributed by atoms with E-state index >= 15 is 0 Å². The third kappa shape index (κ3) is 1.85. The number of fused-ring (bicyclic) bond motifs is 2. The molecule has 0 saturated carbocycles. The molecule has 0 bridgehead atoms. The Labute approximate surface area is 107 Å². The zero-order valence-corrected chi connectivity index (χ0v) is 10.6. The van der Waals surface area contributed by atoms with Crippen LogP contribution in [0.15, 0.2) is 18.2 Å². The summed E-state index contributed by atoms with van der Waals surface area (Å²) in [6.45, 7) is 2.22. The summed E-state index contributed by atoms with van der Waals surface area (Å²) in [7, 11) is 1.68. The normalized spacial score (nSPS) is 30.0. The fraction of sp³-hybridized carbons (Fsp3) is 0.571. The second kappa shape index (κ2) is 4.78. The minimum atomic E-state index is 0.199. The van der Waals surface area contributed by atoms with Crippen molar-refractivity contribution in [1.82, 2.24) is 5.32 Å². The van der Waals surface area contributed by atoms with Crippen molar-refractivity contribution in [3.8, 4) is 5.75 Å². The number of nitrogens with one attached hydrogen (secondary N) is 2. The van der Waals surface area contributed by atoms with Gasteiger partial charge in [0.1, 0.15) is 5.75 Å². The molecule has 0 aliphatic carbocycles. The highest BCUT2D eigenvalue weighted by Gasteiger charge is 2.37. The van der Waals surface area contributed by atoms with Crippen LogP contribution in [0.3, 0.4) is 0 Å². The van der Waals surface area contributed by atoms with Gasteiger partial charge in [-0.05, 0) is 36.7 Å². The van der Waals surface area contributed by atoms with E-state index < -0.39 is 0 Å². The molecule has 1 aromatic rings. The summed E-state index contributed by atoms with van der Waals surface area (Å²) >= 11 is 0. The average molecular weight is 248 g/mol. The summed E-state index contributed by atoms with van der Waals surface area (Å²) in [5, 5.41) is 16.8. The molecule has 3 unspecified atom stereocenters. The van der Waals surface area contributed by atoms with Crippen molar-refractivity contribution >= 4 is 5.69 Å². The van der Waals surface area contributed by atoms with Crippen LogP contribution in [-0.4, -0.2) is 38.0 Å². The largest absolute Gasteiger partial charge is 0.497 e. The predicted molar refractivity (Wildman–Crippen MR) is 71.2 cm³/mol. The van der Waals surface area contributed by atoms with E-state index in [9.17, 15) is 5.11 Å². The fourth-order valence-corrected chi connectivity index (χ4v) is 3.25. The van der Waals surface area contributed by atoms with Crippen molar-refractivity contribution in [2.75, 3.05) is 32.1 Å². The van der Waals surface area contributed by atoms with Crippen LogP contribution >= 0.6 is 0 Å². The molecule has 1 fully saturated rings. The molecule has 2 aliphatic rings. The standard InChI is InChI=1S/C14H20N2O2/c1-18-9-2-3-13-10(6-9)12(8-17)11-7-15-5-4-14(11)16-13/h2-3,6,11-12,14-17H,4-5,7-8H2,1H3. The summed E-state index contributed by atoms with van der Waals surface area (Å²) < 4.78 is 5.28. The molecular formula is C14H20N2O2. The topological polar surface area (TPSA) is 53.5 Å². The van der Waals surface area contributed by atoms with Gasteiger partial charge in [0.25, 0.3) is 0 Å². The first-order valence-corrected chi connectivity index (χ1v) is 6.59. The second-order valence-corrected chi connectivity index (χ2v) is 5.15. The highest BCUT2D eigenvalue weighted by Crippen LogP contribution is 2.41. The van der Waals surface area contributed by atoms with Crippen LogP contribution in [-0.2, 0) is 0 Å². The van der Waals surface area contributed by atoms with Gasteiger partial charge in [0.2, 0.25) is 0 Å². The van der Waals surface area contributed by atoms with Gasteiger partial charge >= 0.3 is 0 Å². The average Bonchev–Trinajstić information content (AvgIpc) is 2.44. The first-order chi connectivity index (χ1) is 8.83. The molecule has 3 N–H and O–H groups in total. The first kappa shape index (κ1) is 11.8. The molecule has 3 rings (SSSR count). The third-order valence-corrected chi connectivity index (χ3v) is 4.24. The van der Waals surface area contributed by atoms with E-state index in [0.29, 0.717) is 12.0 Å². The van der Waals surface area contributed by atoms with Gasteiger partial charge in [-0.15, -0.1) is 0 Å². The summed E-state index contributed by atoms with van der Waals surface area (Å²) in [6.07, 6.45) is 1.12. The molecule has 4 nitrogen and oxygen atoms in total. The highest BCUT2D eigenvalue weighted by atomic mass is 16.5. The van der Waals surface area contributed by atoms with Crippen molar-refractivity contribution in [1.29, 1.82) is 0 Å². The maximum Gasteiger partial charge on any atom is 0.119 e. The second-order valence-electron chi connectivity index (χ2n) is 5.15. The molecule has 0 radical (unpaired) electrons. The van der Waals surface area contributed by atoms with Crippen molar-refractivity contribution < 1.29 is 9.84 Å². The lowest BCUT2D eigenvalue weighted by Crippen LogP contribution is -2.49. The lowest BCUT2D eigenvalue weighted by Gasteiger charge is -2.43. The van der Waals surface area contributed by atoms with Crippen LogP contribution in [0.4, 0.5) is 5.69 Å². The Morgan fingerprint density at radius 1 is 1.44 bits per heavy atom. The Morgan fingerprint density at radius 2 is 2.33 bits per heavy atom. The maximum absolute atomic E-state index is 9.74. The number of anilines is 1. The van der Waals surface area contributed by atoms with E-state index in [2.05, 4.69) is 16.7 Å². The van der Waals surface area contributed by atoms with Crippen molar-refractivity contribution in [2.45, 2.75) is 18.4 Å². The predicted octanol–water partition coefficient (Wildman–Crippen LogP) is 1.17. The molecule has 0 spiro atoms. The molecule has 0 aromatic heterocycles. The number of hydrogen-bond acceptors (Lipinski definition) is 4. The highest BCUT2D eigenvalue weighted by molar-refractivity contribution is 5.59. The molecule has 1 aromatic carbocycles. The number of ether oxygens (including phenoxy) is 1. The van der Waals surface area contributed by atoms with Crippen molar-refractivity contribution in [2.24, 2.45) is 5.92 Å². The number of aliphatic hydroxyl groups excluding tert-OH is 1. The molecular weight excluding hydrogens is 228 g/mol. The molecule has 98 valence electrons. The number of piperidine rings is 1. The van der Waals surface area contributed by atoms with E-state index in [4.69, 9.17) is 4.74 Å². The number of aliphatic hydroxyl groups is 1. The Hall–Kier alpha value is -1.26. The fourth-order valence-electron chi connectivity index (χ4n) is 3.25. The van der Waals surface area contributed by atoms with Crippen LogP contribution in [0.25, 0.3) is 0 Å². The minimum absolute atomic E-state index is 0.199. The monoisotopic (exact) mass is 248 g/mol. The summed E-state index contributed by atoms with van der Waals surface area (Å²) in [5.74, 6) is 1.52. The number of hydrogen-bond donors (Lipinski definition) is 3. The van der Waals surface area contributed by atoms with E-state index in [1.807, 2.05) is 12.1 Å². The summed E-state index contributed by atoms with van der Waals surface area (Å²) in [5.41, 5.74) is 2.33. The van der Waals surface area contributed by atoms with Crippen molar-refractivity contribution in [3.63, 3.8) is 0 Å². The molecule has 1 saturated heterocycles. The minimum Gasteiger partial charge on any atom is -0.497 e. The SMILES string of the molecule is COc1ccc2c(c1)C(CO)C1CNCCC1N2. The lowest BCUT2D eigenvalue weighted by atomic mass is 9.75. The number of rotatable bonds is 2. The molecule has 3 atom stereocenters. The molecule has 2 heterocycles. The van der Waals surface area contributed by atoms with E-state index in [1.165, 1.54) is 5.56 Å². The van der Waals surface area contributed by atoms with Gasteiger partial charge in [0, 0.05) is 30.1 Å². The molecule has 4 heteroatoms. The van der Waals surface area contributed by atoms with Crippen LogP contribution in [0.1, 0.15) is 17.9 Å². The van der Waals surface area contributed by atoms with Crippen LogP contribution < -0.4 is 15.4 Å². The Kier molecular flexibility index (Phi) is 3.14. The number of benzene rings is 1. The summed E-state index contributed by atoms with van der Waals surface area (Å²) in [4.78, 5) is 0. The third-order valence-electron chi connectivity index (χ3n) is 4.24. The molecule has 18 heavy (non-hydrogen) atoms. The zero-order chi connectivity index (χ0) is 12.5. The van der Waals surface area contributed by atoms with E-state index in [-0.39, 0.29) is 12.5 Å². The maximum atomic E-state index is 9.74. The number of methoxy groups -OCH3 is 1.